The lowest BCUT2D eigenvalue weighted by Gasteiger charge is -2.33. The zero-order chi connectivity index (χ0) is 17.2. The van der Waals surface area contributed by atoms with Crippen molar-refractivity contribution in [2.75, 3.05) is 13.1 Å². The van der Waals surface area contributed by atoms with Gasteiger partial charge in [0.1, 0.15) is 17.5 Å². The second kappa shape index (κ2) is 6.55. The standard InChI is InChI=1S/C15H25N4O4/c1-11-13(19(21)22)9-16-18(11)10-12-5-7-17(8-6-12)14(20)23-15(2,3)4/h9,12H,5-8,10H2,1-4H3,(H,21,22)/q+1. The summed E-state index contributed by atoms with van der Waals surface area (Å²) in [5.74, 6) is 0.374. The zero-order valence-corrected chi connectivity index (χ0v) is 14.2. The number of piperidine rings is 1. The minimum Gasteiger partial charge on any atom is -0.444 e. The van der Waals surface area contributed by atoms with Crippen molar-refractivity contribution < 1.29 is 19.7 Å². The number of hydrogen-bond acceptors (Lipinski definition) is 4. The highest BCUT2D eigenvalue weighted by atomic mass is 16.6. The van der Waals surface area contributed by atoms with Gasteiger partial charge in [0.25, 0.3) is 4.92 Å². The third kappa shape index (κ3) is 4.43. The highest BCUT2D eigenvalue weighted by Crippen LogP contribution is 2.23. The molecule has 1 aromatic heterocycles. The van der Waals surface area contributed by atoms with Gasteiger partial charge in [0.2, 0.25) is 0 Å². The smallest absolute Gasteiger partial charge is 0.410 e. The van der Waals surface area contributed by atoms with Gasteiger partial charge in [0, 0.05) is 19.6 Å². The minimum atomic E-state index is -0.481. The fraction of sp³-hybridized carbons (Fsp3) is 0.733. The van der Waals surface area contributed by atoms with Crippen LogP contribution >= 0.6 is 0 Å². The van der Waals surface area contributed by atoms with Gasteiger partial charge in [-0.2, -0.15) is 5.10 Å². The lowest BCUT2D eigenvalue weighted by molar-refractivity contribution is -0.730. The number of likely N-dealkylation sites (tertiary alicyclic amines) is 1. The van der Waals surface area contributed by atoms with E-state index in [1.165, 1.54) is 6.20 Å². The predicted molar refractivity (Wildman–Crippen MR) is 82.6 cm³/mol. The maximum Gasteiger partial charge on any atom is 0.410 e. The van der Waals surface area contributed by atoms with Crippen LogP contribution in [0.2, 0.25) is 0 Å². The summed E-state index contributed by atoms with van der Waals surface area (Å²) in [6.07, 6.45) is 2.80. The molecule has 2 rings (SSSR count). The molecule has 1 aliphatic rings. The van der Waals surface area contributed by atoms with Crippen LogP contribution in [0.4, 0.5) is 10.5 Å². The average molecular weight is 325 g/mol. The Bertz CT molecular complexity index is 583. The third-order valence-electron chi connectivity index (χ3n) is 3.98. The van der Waals surface area contributed by atoms with E-state index in [-0.39, 0.29) is 16.7 Å². The van der Waals surface area contributed by atoms with Crippen LogP contribution in [-0.2, 0) is 11.3 Å². The minimum absolute atomic E-state index is 0.163. The van der Waals surface area contributed by atoms with Gasteiger partial charge in [0.05, 0.1) is 4.91 Å². The molecule has 1 amide bonds. The molecule has 0 atom stereocenters. The molecule has 1 aromatic rings. The molecule has 2 heterocycles. The predicted octanol–water partition coefficient (Wildman–Crippen LogP) is 2.64. The van der Waals surface area contributed by atoms with Gasteiger partial charge in [-0.05, 0) is 46.5 Å². The van der Waals surface area contributed by atoms with E-state index in [1.54, 1.807) is 16.5 Å². The van der Waals surface area contributed by atoms with Crippen molar-refractivity contribution in [2.45, 2.75) is 52.7 Å². The van der Waals surface area contributed by atoms with Crippen LogP contribution < -0.4 is 0 Å². The third-order valence-corrected chi connectivity index (χ3v) is 3.98. The number of amides is 1. The van der Waals surface area contributed by atoms with E-state index in [0.717, 1.165) is 12.8 Å². The monoisotopic (exact) mass is 325 g/mol. The lowest BCUT2D eigenvalue weighted by Crippen LogP contribution is -2.42. The molecule has 0 aliphatic carbocycles. The Morgan fingerprint density at radius 2 is 2.04 bits per heavy atom. The number of nitrogens with zero attached hydrogens (tertiary/aromatic N) is 4. The van der Waals surface area contributed by atoms with Crippen molar-refractivity contribution in [3.05, 3.63) is 16.8 Å². The van der Waals surface area contributed by atoms with Crippen molar-refractivity contribution >= 4 is 11.8 Å². The molecular formula is C15H25N4O4+. The molecular weight excluding hydrogens is 300 g/mol. The van der Waals surface area contributed by atoms with E-state index in [1.807, 2.05) is 20.8 Å². The Labute approximate surface area is 135 Å². The fourth-order valence-electron chi connectivity index (χ4n) is 2.68. The van der Waals surface area contributed by atoms with E-state index in [9.17, 15) is 9.70 Å². The highest BCUT2D eigenvalue weighted by molar-refractivity contribution is 5.68. The molecule has 0 radical (unpaired) electrons. The maximum absolute atomic E-state index is 12.0. The summed E-state index contributed by atoms with van der Waals surface area (Å²) in [6.45, 7) is 9.30. The van der Waals surface area contributed by atoms with Gasteiger partial charge in [0.15, 0.2) is 0 Å². The quantitative estimate of drug-likeness (QED) is 0.863. The van der Waals surface area contributed by atoms with Crippen molar-refractivity contribution in [1.82, 2.24) is 14.7 Å². The summed E-state index contributed by atoms with van der Waals surface area (Å²) in [5, 5.41) is 13.1. The van der Waals surface area contributed by atoms with Crippen molar-refractivity contribution in [1.29, 1.82) is 0 Å². The summed E-state index contributed by atoms with van der Waals surface area (Å²) in [5.41, 5.74) is 0.318. The molecule has 0 saturated carbocycles. The summed E-state index contributed by atoms with van der Waals surface area (Å²) >= 11 is 0. The topological polar surface area (TPSA) is 87.7 Å². The lowest BCUT2D eigenvalue weighted by atomic mass is 9.97. The Kier molecular flexibility index (Phi) is 4.91. The Morgan fingerprint density at radius 3 is 2.52 bits per heavy atom. The van der Waals surface area contributed by atoms with Crippen LogP contribution in [0.3, 0.4) is 0 Å². The Balaban J connectivity index is 1.88. The normalized spacial score (nSPS) is 16.4. The van der Waals surface area contributed by atoms with E-state index < -0.39 is 5.60 Å². The van der Waals surface area contributed by atoms with Gasteiger partial charge in [-0.3, -0.25) is 4.68 Å². The van der Waals surface area contributed by atoms with Crippen LogP contribution in [0.5, 0.6) is 0 Å². The molecule has 128 valence electrons. The first-order chi connectivity index (χ1) is 10.7. The van der Waals surface area contributed by atoms with Gasteiger partial charge >= 0.3 is 11.8 Å². The maximum atomic E-state index is 12.0. The molecule has 1 saturated heterocycles. The Morgan fingerprint density at radius 1 is 1.43 bits per heavy atom. The van der Waals surface area contributed by atoms with Gasteiger partial charge in [-0.1, -0.05) is 0 Å². The van der Waals surface area contributed by atoms with Gasteiger partial charge < -0.3 is 9.64 Å². The molecule has 1 N–H and O–H groups in total. The summed E-state index contributed by atoms with van der Waals surface area (Å²) in [6, 6.07) is 0. The van der Waals surface area contributed by atoms with Crippen LogP contribution in [0.15, 0.2) is 6.20 Å². The average Bonchev–Trinajstić information content (AvgIpc) is 2.79. The molecule has 1 fully saturated rings. The molecule has 0 spiro atoms. The molecule has 0 bridgehead atoms. The second-order valence-electron chi connectivity index (χ2n) is 6.98. The van der Waals surface area contributed by atoms with E-state index in [4.69, 9.17) is 9.94 Å². The first-order valence-electron chi connectivity index (χ1n) is 7.84. The van der Waals surface area contributed by atoms with Crippen molar-refractivity contribution in [3.8, 4) is 0 Å². The number of ether oxygens (including phenoxy) is 1. The zero-order valence-electron chi connectivity index (χ0n) is 14.2. The summed E-state index contributed by atoms with van der Waals surface area (Å²) < 4.78 is 7.11. The molecule has 1 aliphatic heterocycles. The van der Waals surface area contributed by atoms with E-state index in [0.29, 0.717) is 31.2 Å². The van der Waals surface area contributed by atoms with Crippen LogP contribution in [0.1, 0.15) is 39.3 Å². The van der Waals surface area contributed by atoms with E-state index in [2.05, 4.69) is 5.10 Å². The first kappa shape index (κ1) is 17.2. The Hall–Kier alpha value is -2.12. The summed E-state index contributed by atoms with van der Waals surface area (Å²) in [4.78, 5) is 24.6. The van der Waals surface area contributed by atoms with Crippen molar-refractivity contribution in [3.63, 3.8) is 0 Å². The number of hydrogen-bond donors (Lipinski definition) is 1. The molecule has 0 aromatic carbocycles. The molecule has 8 heteroatoms. The number of carbonyl (C=O) groups is 1. The number of carbonyl (C=O) groups excluding carboxylic acids is 1. The van der Waals surface area contributed by atoms with Crippen molar-refractivity contribution in [2.24, 2.45) is 5.92 Å². The van der Waals surface area contributed by atoms with Crippen LogP contribution in [0, 0.1) is 17.7 Å². The van der Waals surface area contributed by atoms with E-state index >= 15 is 0 Å². The molecule has 8 nitrogen and oxygen atoms in total. The first-order valence-corrected chi connectivity index (χ1v) is 7.84. The van der Waals surface area contributed by atoms with Gasteiger partial charge in [-0.25, -0.2) is 10.0 Å². The number of aromatic nitrogens is 2. The molecule has 0 unspecified atom stereocenters. The van der Waals surface area contributed by atoms with Crippen LogP contribution in [0.25, 0.3) is 0 Å². The van der Waals surface area contributed by atoms with Crippen LogP contribution in [-0.4, -0.2) is 49.6 Å². The highest BCUT2D eigenvalue weighted by Gasteiger charge is 2.28. The summed E-state index contributed by atoms with van der Waals surface area (Å²) in [7, 11) is 0. The number of rotatable bonds is 3. The fourth-order valence-corrected chi connectivity index (χ4v) is 2.68. The second-order valence-corrected chi connectivity index (χ2v) is 6.98. The molecule has 23 heavy (non-hydrogen) atoms. The SMILES string of the molecule is Cc1c([N+](=O)O)cnn1CC1CCN(C(=O)OC(C)(C)C)CC1. The van der Waals surface area contributed by atoms with Gasteiger partial charge in [-0.15, -0.1) is 0 Å². The largest absolute Gasteiger partial charge is 0.444 e.